The van der Waals surface area contributed by atoms with E-state index in [1.165, 1.54) is 13.1 Å². The van der Waals surface area contributed by atoms with Gasteiger partial charge in [-0.3, -0.25) is 4.98 Å². The minimum Gasteiger partial charge on any atom is -0.335 e. The second kappa shape index (κ2) is 5.09. The molecule has 2 rings (SSSR count). The first-order chi connectivity index (χ1) is 7.75. The second-order valence-electron chi connectivity index (χ2n) is 4.27. The fraction of sp³-hybridized carbons (Fsp3) is 0.417. The van der Waals surface area contributed by atoms with Crippen molar-refractivity contribution in [3.05, 3.63) is 36.7 Å². The van der Waals surface area contributed by atoms with E-state index in [1.807, 2.05) is 12.1 Å². The van der Waals surface area contributed by atoms with Gasteiger partial charge in [0.05, 0.1) is 33.2 Å². The topological polar surface area (TPSA) is 32.6 Å². The maximum Gasteiger partial charge on any atom is 0.0917 e. The molecule has 4 nitrogen and oxygen atoms in total. The van der Waals surface area contributed by atoms with Crippen molar-refractivity contribution in [3.63, 3.8) is 0 Å². The summed E-state index contributed by atoms with van der Waals surface area (Å²) in [5.74, 6) is 0. The lowest BCUT2D eigenvalue weighted by Crippen LogP contribution is -3.12. The lowest BCUT2D eigenvalue weighted by Gasteiger charge is -2.31. The van der Waals surface area contributed by atoms with Crippen LogP contribution in [0.5, 0.6) is 0 Å². The highest BCUT2D eigenvalue weighted by atomic mass is 15.5. The molecule has 1 aromatic rings. The van der Waals surface area contributed by atoms with Crippen molar-refractivity contribution in [2.45, 2.75) is 0 Å². The van der Waals surface area contributed by atoms with Crippen LogP contribution < -0.4 is 10.3 Å². The van der Waals surface area contributed by atoms with Crippen LogP contribution in [0.2, 0.25) is 0 Å². The van der Waals surface area contributed by atoms with Crippen molar-refractivity contribution in [3.8, 4) is 0 Å². The zero-order valence-corrected chi connectivity index (χ0v) is 9.74. The summed E-state index contributed by atoms with van der Waals surface area (Å²) in [6.45, 7) is 8.54. The number of quaternary nitrogens is 1. The molecule has 0 unspecified atom stereocenters. The highest BCUT2D eigenvalue weighted by Gasteiger charge is 2.16. The van der Waals surface area contributed by atoms with E-state index in [-0.39, 0.29) is 0 Å². The van der Waals surface area contributed by atoms with Gasteiger partial charge in [-0.15, -0.1) is 0 Å². The van der Waals surface area contributed by atoms with Gasteiger partial charge >= 0.3 is 0 Å². The Balaban J connectivity index is 1.88. The van der Waals surface area contributed by atoms with E-state index in [9.17, 15) is 0 Å². The Bertz CT molecular complexity index is 341. The molecule has 1 fully saturated rings. The second-order valence-corrected chi connectivity index (χ2v) is 4.27. The lowest BCUT2D eigenvalue weighted by molar-refractivity contribution is -0.884. The monoisotopic (exact) mass is 219 g/mol. The van der Waals surface area contributed by atoms with Crippen molar-refractivity contribution >= 4 is 5.70 Å². The molecule has 1 aromatic heterocycles. The first-order valence-corrected chi connectivity index (χ1v) is 5.68. The predicted molar refractivity (Wildman–Crippen MR) is 64.6 cm³/mol. The lowest BCUT2D eigenvalue weighted by atomic mass is 10.2. The fourth-order valence-electron chi connectivity index (χ4n) is 1.81. The maximum absolute atomic E-state index is 4.05. The summed E-state index contributed by atoms with van der Waals surface area (Å²) in [6.07, 6.45) is 3.58. The molecule has 2 N–H and O–H groups in total. The summed E-state index contributed by atoms with van der Waals surface area (Å²) in [5.41, 5.74) is 5.40. The SMILES string of the molecule is C=C(NN1CC[NH+](C)CC1)c1ccncc1. The van der Waals surface area contributed by atoms with E-state index in [2.05, 4.69) is 29.0 Å². The number of hydrogen-bond donors (Lipinski definition) is 2. The smallest absolute Gasteiger partial charge is 0.0917 e. The summed E-state index contributed by atoms with van der Waals surface area (Å²) >= 11 is 0. The Morgan fingerprint density at radius 1 is 1.38 bits per heavy atom. The minimum absolute atomic E-state index is 0.946. The zero-order valence-electron chi connectivity index (χ0n) is 9.74. The van der Waals surface area contributed by atoms with Crippen LogP contribution >= 0.6 is 0 Å². The number of rotatable bonds is 3. The van der Waals surface area contributed by atoms with Crippen LogP contribution in [-0.4, -0.2) is 43.2 Å². The van der Waals surface area contributed by atoms with Crippen molar-refractivity contribution in [1.82, 2.24) is 15.4 Å². The third-order valence-corrected chi connectivity index (χ3v) is 2.94. The average Bonchev–Trinajstić information content (AvgIpc) is 2.33. The molecule has 1 aliphatic rings. The van der Waals surface area contributed by atoms with Gasteiger partial charge in [0.2, 0.25) is 0 Å². The van der Waals surface area contributed by atoms with E-state index in [0.29, 0.717) is 0 Å². The number of hydrazine groups is 1. The standard InChI is InChI=1S/C12H18N4/c1-11(12-3-5-13-6-4-12)14-16-9-7-15(2)8-10-16/h3-6,14H,1,7-10H2,2H3/p+1. The molecule has 86 valence electrons. The first kappa shape index (κ1) is 11.1. The third-order valence-electron chi connectivity index (χ3n) is 2.94. The van der Waals surface area contributed by atoms with Crippen molar-refractivity contribution in [2.24, 2.45) is 0 Å². The van der Waals surface area contributed by atoms with Gasteiger partial charge in [-0.05, 0) is 12.1 Å². The van der Waals surface area contributed by atoms with E-state index < -0.39 is 0 Å². The molecule has 4 heteroatoms. The number of likely N-dealkylation sites (N-methyl/N-ethyl adjacent to an activating group) is 1. The molecule has 1 saturated heterocycles. The van der Waals surface area contributed by atoms with Crippen LogP contribution in [0.3, 0.4) is 0 Å². The van der Waals surface area contributed by atoms with E-state index in [4.69, 9.17) is 0 Å². The molecule has 0 bridgehead atoms. The molecule has 0 aromatic carbocycles. The third kappa shape index (κ3) is 2.81. The molecular weight excluding hydrogens is 200 g/mol. The number of pyridine rings is 1. The van der Waals surface area contributed by atoms with Crippen LogP contribution in [0.4, 0.5) is 0 Å². The molecule has 0 radical (unpaired) electrons. The summed E-state index contributed by atoms with van der Waals surface area (Å²) < 4.78 is 0. The number of nitrogens with one attached hydrogen (secondary N) is 2. The van der Waals surface area contributed by atoms with Gasteiger partial charge < -0.3 is 10.3 Å². The average molecular weight is 219 g/mol. The Morgan fingerprint density at radius 3 is 2.62 bits per heavy atom. The Morgan fingerprint density at radius 2 is 2.00 bits per heavy atom. The number of piperazine rings is 1. The van der Waals surface area contributed by atoms with Crippen molar-refractivity contribution < 1.29 is 4.90 Å². The van der Waals surface area contributed by atoms with Gasteiger partial charge in [0.1, 0.15) is 0 Å². The first-order valence-electron chi connectivity index (χ1n) is 5.68. The number of hydrogen-bond acceptors (Lipinski definition) is 3. The van der Waals surface area contributed by atoms with Crippen molar-refractivity contribution in [2.75, 3.05) is 33.2 Å². The number of aromatic nitrogens is 1. The molecule has 2 heterocycles. The fourth-order valence-corrected chi connectivity index (χ4v) is 1.81. The van der Waals surface area contributed by atoms with Gasteiger partial charge in [-0.2, -0.15) is 0 Å². The van der Waals surface area contributed by atoms with Gasteiger partial charge in [-0.25, -0.2) is 5.01 Å². The van der Waals surface area contributed by atoms with Crippen LogP contribution in [0.15, 0.2) is 31.1 Å². The van der Waals surface area contributed by atoms with E-state index in [0.717, 1.165) is 24.4 Å². The summed E-state index contributed by atoms with van der Waals surface area (Å²) in [6, 6.07) is 3.94. The van der Waals surface area contributed by atoms with Crippen LogP contribution in [0.1, 0.15) is 5.56 Å². The zero-order chi connectivity index (χ0) is 11.4. The highest BCUT2D eigenvalue weighted by Crippen LogP contribution is 2.07. The molecule has 1 aliphatic heterocycles. The van der Waals surface area contributed by atoms with Gasteiger partial charge in [0.25, 0.3) is 0 Å². The van der Waals surface area contributed by atoms with Gasteiger partial charge in [0, 0.05) is 23.7 Å². The summed E-state index contributed by atoms with van der Waals surface area (Å²) in [7, 11) is 2.23. The summed E-state index contributed by atoms with van der Waals surface area (Å²) in [4.78, 5) is 5.59. The molecule has 0 saturated carbocycles. The predicted octanol–water partition coefficient (Wildman–Crippen LogP) is -0.613. The normalized spacial score (nSPS) is 18.3. The molecule has 16 heavy (non-hydrogen) atoms. The van der Waals surface area contributed by atoms with Gasteiger partial charge in [0.15, 0.2) is 0 Å². The van der Waals surface area contributed by atoms with Crippen molar-refractivity contribution in [1.29, 1.82) is 0 Å². The quantitative estimate of drug-likeness (QED) is 0.711. The van der Waals surface area contributed by atoms with E-state index >= 15 is 0 Å². The molecule has 0 amide bonds. The van der Waals surface area contributed by atoms with Crippen LogP contribution in [0.25, 0.3) is 5.70 Å². The molecular formula is C12H19N4+. The number of nitrogens with zero attached hydrogens (tertiary/aromatic N) is 2. The van der Waals surface area contributed by atoms with Gasteiger partial charge in [-0.1, -0.05) is 6.58 Å². The van der Waals surface area contributed by atoms with E-state index in [1.54, 1.807) is 17.3 Å². The Hall–Kier alpha value is -1.39. The molecule has 0 atom stereocenters. The largest absolute Gasteiger partial charge is 0.335 e. The molecule has 0 aliphatic carbocycles. The highest BCUT2D eigenvalue weighted by molar-refractivity contribution is 5.60. The maximum atomic E-state index is 4.05. The Labute approximate surface area is 96.5 Å². The molecule has 0 spiro atoms. The van der Waals surface area contributed by atoms with Crippen LogP contribution in [0, 0.1) is 0 Å². The Kier molecular flexibility index (Phi) is 3.54. The minimum atomic E-state index is 0.946. The van der Waals surface area contributed by atoms with Crippen LogP contribution in [-0.2, 0) is 0 Å². The summed E-state index contributed by atoms with van der Waals surface area (Å²) in [5, 5.41) is 2.23.